The number of nitrogens with two attached hydrogens (primary N) is 1. The van der Waals surface area contributed by atoms with Crippen molar-refractivity contribution < 1.29 is 9.59 Å². The number of fused-ring (bicyclic) bond motifs is 1. The number of anilines is 2. The van der Waals surface area contributed by atoms with Gasteiger partial charge in [0.2, 0.25) is 5.91 Å². The van der Waals surface area contributed by atoms with Crippen LogP contribution in [-0.2, 0) is 11.3 Å². The van der Waals surface area contributed by atoms with Crippen LogP contribution >= 0.6 is 0 Å². The Labute approximate surface area is 202 Å². The van der Waals surface area contributed by atoms with Gasteiger partial charge in [-0.05, 0) is 18.1 Å². The fraction of sp³-hybridized carbons (Fsp3) is 0.231. The lowest BCUT2D eigenvalue weighted by Gasteiger charge is -2.27. The number of aromatic amines is 1. The van der Waals surface area contributed by atoms with E-state index in [4.69, 9.17) is 5.73 Å². The third-order valence-electron chi connectivity index (χ3n) is 6.04. The smallest absolute Gasteiger partial charge is 0.330 e. The van der Waals surface area contributed by atoms with Crippen molar-refractivity contribution in [2.75, 3.05) is 23.7 Å². The molecule has 0 saturated carbocycles. The number of benzene rings is 2. The molecule has 0 saturated heterocycles. The molecule has 0 radical (unpaired) electrons. The number of nitrogens with one attached hydrogen (secondary N) is 1. The van der Waals surface area contributed by atoms with E-state index in [1.165, 1.54) is 14.4 Å². The summed E-state index contributed by atoms with van der Waals surface area (Å²) in [6.45, 7) is 5.95. The normalized spacial score (nSPS) is 12.7. The Morgan fingerprint density at radius 2 is 1.69 bits per heavy atom. The maximum Gasteiger partial charge on any atom is 0.330 e. The maximum atomic E-state index is 13.5. The van der Waals surface area contributed by atoms with Crippen molar-refractivity contribution in [3.8, 4) is 0 Å². The Bertz CT molecular complexity index is 1370. The van der Waals surface area contributed by atoms with E-state index in [0.29, 0.717) is 23.2 Å². The van der Waals surface area contributed by atoms with E-state index in [-0.39, 0.29) is 37.0 Å². The summed E-state index contributed by atoms with van der Waals surface area (Å²) in [6, 6.07) is 16.2. The van der Waals surface area contributed by atoms with Crippen molar-refractivity contribution in [1.29, 1.82) is 0 Å². The molecule has 9 heteroatoms. The number of carbonyl (C=O) groups is 2. The summed E-state index contributed by atoms with van der Waals surface area (Å²) in [6.07, 6.45) is 1.35. The molecule has 0 spiro atoms. The van der Waals surface area contributed by atoms with Crippen molar-refractivity contribution in [3.63, 3.8) is 0 Å². The lowest BCUT2D eigenvalue weighted by atomic mass is 10.1. The molecule has 35 heavy (non-hydrogen) atoms. The molecule has 180 valence electrons. The topological polar surface area (TPSA) is 121 Å². The van der Waals surface area contributed by atoms with E-state index in [9.17, 15) is 19.2 Å². The molecule has 1 aliphatic heterocycles. The molecular weight excluding hydrogens is 446 g/mol. The summed E-state index contributed by atoms with van der Waals surface area (Å²) in [5, 5.41) is 0. The van der Waals surface area contributed by atoms with Crippen molar-refractivity contribution in [2.24, 2.45) is 0 Å². The Morgan fingerprint density at radius 1 is 1.03 bits per heavy atom. The molecule has 2 amide bonds. The highest BCUT2D eigenvalue weighted by atomic mass is 16.2. The molecule has 0 aliphatic carbocycles. The molecule has 9 nitrogen and oxygen atoms in total. The predicted octanol–water partition coefficient (Wildman–Crippen LogP) is 2.43. The SMILES string of the molecule is C=C1c2ccccc2C(=O)N1CC(=O)N(CCCC)c1c(N)n(Cc2ccccc2)c(=O)[nH]c1=O. The molecule has 2 aromatic carbocycles. The van der Waals surface area contributed by atoms with Crippen LogP contribution in [0.15, 0.2) is 70.8 Å². The minimum absolute atomic E-state index is 0.103. The number of hydrogen-bond donors (Lipinski definition) is 2. The van der Waals surface area contributed by atoms with Gasteiger partial charge in [-0.25, -0.2) is 4.79 Å². The van der Waals surface area contributed by atoms with Gasteiger partial charge in [0.25, 0.3) is 11.5 Å². The average molecular weight is 474 g/mol. The zero-order chi connectivity index (χ0) is 25.1. The Hall–Kier alpha value is -4.40. The van der Waals surface area contributed by atoms with Gasteiger partial charge < -0.3 is 10.6 Å². The molecule has 1 aromatic heterocycles. The third kappa shape index (κ3) is 4.52. The summed E-state index contributed by atoms with van der Waals surface area (Å²) in [5.74, 6) is -0.935. The zero-order valence-corrected chi connectivity index (χ0v) is 19.5. The third-order valence-corrected chi connectivity index (χ3v) is 6.04. The fourth-order valence-corrected chi connectivity index (χ4v) is 4.16. The predicted molar refractivity (Wildman–Crippen MR) is 135 cm³/mol. The highest BCUT2D eigenvalue weighted by Gasteiger charge is 2.34. The van der Waals surface area contributed by atoms with Crippen molar-refractivity contribution in [3.05, 3.63) is 98.7 Å². The van der Waals surface area contributed by atoms with Crippen LogP contribution in [0.2, 0.25) is 0 Å². The first-order valence-electron chi connectivity index (χ1n) is 11.4. The first-order chi connectivity index (χ1) is 16.8. The van der Waals surface area contributed by atoms with Crippen LogP contribution in [0.3, 0.4) is 0 Å². The van der Waals surface area contributed by atoms with Crippen molar-refractivity contribution in [1.82, 2.24) is 14.5 Å². The van der Waals surface area contributed by atoms with Crippen LogP contribution in [0, 0.1) is 0 Å². The second-order valence-corrected chi connectivity index (χ2v) is 8.35. The number of hydrogen-bond acceptors (Lipinski definition) is 5. The summed E-state index contributed by atoms with van der Waals surface area (Å²) in [4.78, 5) is 56.7. The van der Waals surface area contributed by atoms with Gasteiger partial charge in [-0.2, -0.15) is 0 Å². The Kier molecular flexibility index (Phi) is 6.68. The van der Waals surface area contributed by atoms with Gasteiger partial charge in [0.1, 0.15) is 12.4 Å². The second kappa shape index (κ2) is 9.84. The number of nitrogens with zero attached hydrogens (tertiary/aromatic N) is 3. The zero-order valence-electron chi connectivity index (χ0n) is 19.5. The monoisotopic (exact) mass is 473 g/mol. The molecule has 0 unspecified atom stereocenters. The first-order valence-corrected chi connectivity index (χ1v) is 11.4. The van der Waals surface area contributed by atoms with Gasteiger partial charge in [-0.3, -0.25) is 28.8 Å². The molecule has 3 N–H and O–H groups in total. The largest absolute Gasteiger partial charge is 0.383 e. The summed E-state index contributed by atoms with van der Waals surface area (Å²) in [5.41, 5.74) is 7.17. The Morgan fingerprint density at radius 3 is 2.34 bits per heavy atom. The molecular formula is C26H27N5O4. The first kappa shape index (κ1) is 23.7. The quantitative estimate of drug-likeness (QED) is 0.520. The van der Waals surface area contributed by atoms with E-state index in [1.54, 1.807) is 24.3 Å². The van der Waals surface area contributed by atoms with Crippen LogP contribution in [0.25, 0.3) is 5.70 Å². The second-order valence-electron chi connectivity index (χ2n) is 8.35. The molecule has 2 heterocycles. The summed E-state index contributed by atoms with van der Waals surface area (Å²) >= 11 is 0. The minimum atomic E-state index is -0.754. The molecule has 4 rings (SSSR count). The van der Waals surface area contributed by atoms with Gasteiger partial charge in [0, 0.05) is 23.4 Å². The average Bonchev–Trinajstić information content (AvgIpc) is 3.09. The highest BCUT2D eigenvalue weighted by molar-refractivity contribution is 6.11. The highest BCUT2D eigenvalue weighted by Crippen LogP contribution is 2.31. The van der Waals surface area contributed by atoms with E-state index >= 15 is 0 Å². The van der Waals surface area contributed by atoms with Gasteiger partial charge in [0.05, 0.1) is 6.54 Å². The minimum Gasteiger partial charge on any atom is -0.383 e. The standard InChI is InChI=1S/C26H27N5O4/c1-3-4-14-29(21(32)16-30-17(2)19-12-8-9-13-20(19)25(30)34)22-23(27)31(26(35)28-24(22)33)15-18-10-6-5-7-11-18/h5-13H,2-4,14-16,27H2,1H3,(H,28,33,35). The lowest BCUT2D eigenvalue weighted by molar-refractivity contribution is -0.118. The van der Waals surface area contributed by atoms with Crippen LogP contribution in [0.1, 0.15) is 41.3 Å². The molecule has 3 aromatic rings. The number of rotatable bonds is 8. The number of aromatic nitrogens is 2. The fourth-order valence-electron chi connectivity index (χ4n) is 4.16. The molecule has 0 bridgehead atoms. The van der Waals surface area contributed by atoms with E-state index in [0.717, 1.165) is 12.0 Å². The van der Waals surface area contributed by atoms with Crippen molar-refractivity contribution >= 4 is 29.0 Å². The van der Waals surface area contributed by atoms with E-state index in [1.807, 2.05) is 37.3 Å². The number of amides is 2. The number of H-pyrrole nitrogens is 1. The van der Waals surface area contributed by atoms with Gasteiger partial charge in [0.15, 0.2) is 5.69 Å². The number of nitrogen functional groups attached to an aromatic ring is 1. The van der Waals surface area contributed by atoms with Crippen LogP contribution in [0.4, 0.5) is 11.5 Å². The van der Waals surface area contributed by atoms with Crippen molar-refractivity contribution in [2.45, 2.75) is 26.3 Å². The van der Waals surface area contributed by atoms with Crippen LogP contribution < -0.4 is 21.9 Å². The number of carbonyl (C=O) groups excluding carboxylic acids is 2. The number of unbranched alkanes of at least 4 members (excludes halogenated alkanes) is 1. The van der Waals surface area contributed by atoms with E-state index < -0.39 is 17.2 Å². The van der Waals surface area contributed by atoms with Gasteiger partial charge in [-0.1, -0.05) is 68.5 Å². The molecule has 1 aliphatic rings. The Balaban J connectivity index is 1.69. The maximum absolute atomic E-state index is 13.5. The summed E-state index contributed by atoms with van der Waals surface area (Å²) < 4.78 is 1.23. The van der Waals surface area contributed by atoms with E-state index in [2.05, 4.69) is 11.6 Å². The lowest BCUT2D eigenvalue weighted by Crippen LogP contribution is -2.45. The van der Waals surface area contributed by atoms with Crippen LogP contribution in [0.5, 0.6) is 0 Å². The molecule has 0 fully saturated rings. The summed E-state index contributed by atoms with van der Waals surface area (Å²) in [7, 11) is 0. The van der Waals surface area contributed by atoms with Gasteiger partial charge in [-0.15, -0.1) is 0 Å². The van der Waals surface area contributed by atoms with Gasteiger partial charge >= 0.3 is 5.69 Å². The van der Waals surface area contributed by atoms with Crippen LogP contribution in [-0.4, -0.2) is 39.4 Å². The molecule has 0 atom stereocenters.